The van der Waals surface area contributed by atoms with Crippen LogP contribution >= 0.6 is 0 Å². The van der Waals surface area contributed by atoms with E-state index in [0.29, 0.717) is 0 Å². The minimum atomic E-state index is 0.794. The summed E-state index contributed by atoms with van der Waals surface area (Å²) in [5.74, 6) is 1.25. The first-order chi connectivity index (χ1) is 9.36. The van der Waals surface area contributed by atoms with E-state index in [1.54, 1.807) is 0 Å². The molecule has 0 saturated carbocycles. The van der Waals surface area contributed by atoms with Crippen LogP contribution < -0.4 is 10.6 Å². The molecule has 0 amide bonds. The molecule has 1 saturated heterocycles. The molecule has 0 bridgehead atoms. The summed E-state index contributed by atoms with van der Waals surface area (Å²) < 4.78 is 0. The second kappa shape index (κ2) is 5.63. The first-order valence-corrected chi connectivity index (χ1v) is 7.12. The van der Waals surface area contributed by atoms with Crippen LogP contribution in [-0.4, -0.2) is 49.2 Å². The van der Waals surface area contributed by atoms with Crippen LogP contribution in [0.5, 0.6) is 0 Å². The van der Waals surface area contributed by atoms with Gasteiger partial charge in [-0.2, -0.15) is 0 Å². The van der Waals surface area contributed by atoms with Crippen LogP contribution in [0.1, 0.15) is 6.42 Å². The van der Waals surface area contributed by atoms with Gasteiger partial charge in [0.25, 0.3) is 0 Å². The van der Waals surface area contributed by atoms with Crippen molar-refractivity contribution in [3.8, 4) is 0 Å². The van der Waals surface area contributed by atoms with Crippen LogP contribution in [0.15, 0.2) is 30.3 Å². The fraction of sp³-hybridized carbons (Fsp3) is 0.467. The van der Waals surface area contributed by atoms with E-state index in [-0.39, 0.29) is 0 Å². The van der Waals surface area contributed by atoms with Crippen molar-refractivity contribution in [2.24, 2.45) is 5.73 Å². The highest BCUT2D eigenvalue weighted by Gasteiger charge is 2.17. The highest BCUT2D eigenvalue weighted by molar-refractivity contribution is 5.83. The predicted molar refractivity (Wildman–Crippen MR) is 80.6 cm³/mol. The molecule has 1 fully saturated rings. The lowest BCUT2D eigenvalue weighted by atomic mass is 10.2. The Morgan fingerprint density at radius 3 is 2.63 bits per heavy atom. The number of hydrogen-bond acceptors (Lipinski definition) is 3. The van der Waals surface area contributed by atoms with E-state index < -0.39 is 0 Å². The van der Waals surface area contributed by atoms with Gasteiger partial charge in [0.15, 0.2) is 0 Å². The van der Waals surface area contributed by atoms with Crippen molar-refractivity contribution in [2.75, 3.05) is 44.2 Å². The van der Waals surface area contributed by atoms with Crippen molar-refractivity contribution in [1.82, 2.24) is 9.88 Å². The number of rotatable bonds is 4. The van der Waals surface area contributed by atoms with Crippen LogP contribution in [0.3, 0.4) is 0 Å². The number of piperazine rings is 1. The van der Waals surface area contributed by atoms with Gasteiger partial charge in [0.05, 0.1) is 0 Å². The third-order valence-electron chi connectivity index (χ3n) is 3.91. The third kappa shape index (κ3) is 2.74. The van der Waals surface area contributed by atoms with Crippen LogP contribution in [0, 0.1) is 0 Å². The summed E-state index contributed by atoms with van der Waals surface area (Å²) in [6, 6.07) is 10.7. The molecule has 1 aromatic heterocycles. The molecule has 0 spiro atoms. The maximum atomic E-state index is 5.57. The molecule has 2 heterocycles. The van der Waals surface area contributed by atoms with Gasteiger partial charge >= 0.3 is 0 Å². The summed E-state index contributed by atoms with van der Waals surface area (Å²) >= 11 is 0. The second-order valence-electron chi connectivity index (χ2n) is 5.21. The molecule has 4 nitrogen and oxygen atoms in total. The second-order valence-corrected chi connectivity index (χ2v) is 5.21. The van der Waals surface area contributed by atoms with E-state index in [0.717, 1.165) is 45.7 Å². The van der Waals surface area contributed by atoms with E-state index >= 15 is 0 Å². The number of H-pyrrole nitrogens is 1. The van der Waals surface area contributed by atoms with Crippen molar-refractivity contribution < 1.29 is 0 Å². The summed E-state index contributed by atoms with van der Waals surface area (Å²) in [4.78, 5) is 8.46. The molecule has 3 rings (SSSR count). The molecular formula is C15H22N4. The minimum absolute atomic E-state index is 0.794. The number of nitrogens with two attached hydrogens (primary N) is 1. The summed E-state index contributed by atoms with van der Waals surface area (Å²) in [7, 11) is 0. The Labute approximate surface area is 114 Å². The van der Waals surface area contributed by atoms with E-state index in [4.69, 9.17) is 5.73 Å². The Morgan fingerprint density at radius 1 is 1.11 bits per heavy atom. The smallest absolute Gasteiger partial charge is 0.106 e. The van der Waals surface area contributed by atoms with Crippen molar-refractivity contribution in [2.45, 2.75) is 6.42 Å². The Balaban J connectivity index is 1.64. The van der Waals surface area contributed by atoms with Crippen molar-refractivity contribution >= 4 is 16.7 Å². The Bertz CT molecular complexity index is 493. The lowest BCUT2D eigenvalue weighted by Crippen LogP contribution is -2.47. The van der Waals surface area contributed by atoms with Gasteiger partial charge in [0, 0.05) is 37.1 Å². The van der Waals surface area contributed by atoms with E-state index in [9.17, 15) is 0 Å². The number of aromatic nitrogens is 1. The van der Waals surface area contributed by atoms with E-state index in [2.05, 4.69) is 45.1 Å². The number of nitrogens with zero attached hydrogens (tertiary/aromatic N) is 2. The molecule has 102 valence electrons. The highest BCUT2D eigenvalue weighted by atomic mass is 15.3. The van der Waals surface area contributed by atoms with Crippen molar-refractivity contribution in [3.05, 3.63) is 30.3 Å². The Hall–Kier alpha value is -1.52. The number of anilines is 1. The molecule has 2 aromatic rings. The fourth-order valence-corrected chi connectivity index (χ4v) is 2.76. The standard InChI is InChI=1S/C15H22N4/c16-6-3-7-18-8-10-19(11-9-18)15-12-13-4-1-2-5-14(13)17-15/h1-2,4-5,12,17H,3,6-11,16H2. The summed E-state index contributed by atoms with van der Waals surface area (Å²) in [6.45, 7) is 6.39. The van der Waals surface area contributed by atoms with Gasteiger partial charge in [-0.3, -0.25) is 4.90 Å². The maximum Gasteiger partial charge on any atom is 0.106 e. The molecule has 0 unspecified atom stereocenters. The zero-order valence-electron chi connectivity index (χ0n) is 11.3. The maximum absolute atomic E-state index is 5.57. The average Bonchev–Trinajstić information content (AvgIpc) is 2.89. The fourth-order valence-electron chi connectivity index (χ4n) is 2.76. The number of para-hydroxylation sites is 1. The highest BCUT2D eigenvalue weighted by Crippen LogP contribution is 2.22. The van der Waals surface area contributed by atoms with Crippen LogP contribution in [-0.2, 0) is 0 Å². The molecule has 1 aliphatic rings. The van der Waals surface area contributed by atoms with Gasteiger partial charge in [-0.15, -0.1) is 0 Å². The number of aromatic amines is 1. The van der Waals surface area contributed by atoms with Gasteiger partial charge in [-0.25, -0.2) is 0 Å². The number of nitrogens with one attached hydrogen (secondary N) is 1. The normalized spacial score (nSPS) is 17.2. The van der Waals surface area contributed by atoms with Crippen LogP contribution in [0.2, 0.25) is 0 Å². The van der Waals surface area contributed by atoms with E-state index in [1.807, 2.05) is 0 Å². The lowest BCUT2D eigenvalue weighted by Gasteiger charge is -2.35. The average molecular weight is 258 g/mol. The Kier molecular flexibility index (Phi) is 3.71. The Morgan fingerprint density at radius 2 is 1.89 bits per heavy atom. The lowest BCUT2D eigenvalue weighted by molar-refractivity contribution is 0.256. The van der Waals surface area contributed by atoms with Crippen molar-refractivity contribution in [3.63, 3.8) is 0 Å². The monoisotopic (exact) mass is 258 g/mol. The van der Waals surface area contributed by atoms with Gasteiger partial charge in [-0.1, -0.05) is 18.2 Å². The first kappa shape index (κ1) is 12.5. The minimum Gasteiger partial charge on any atom is -0.356 e. The molecule has 4 heteroatoms. The third-order valence-corrected chi connectivity index (χ3v) is 3.91. The van der Waals surface area contributed by atoms with Crippen LogP contribution in [0.25, 0.3) is 10.9 Å². The molecular weight excluding hydrogens is 236 g/mol. The number of fused-ring (bicyclic) bond motifs is 1. The topological polar surface area (TPSA) is 48.3 Å². The quantitative estimate of drug-likeness (QED) is 0.876. The molecule has 3 N–H and O–H groups in total. The number of benzene rings is 1. The summed E-state index contributed by atoms with van der Waals surface area (Å²) in [5, 5.41) is 1.29. The van der Waals surface area contributed by atoms with Crippen molar-refractivity contribution in [1.29, 1.82) is 0 Å². The summed E-state index contributed by atoms with van der Waals surface area (Å²) in [6.07, 6.45) is 1.10. The van der Waals surface area contributed by atoms with Gasteiger partial charge in [0.2, 0.25) is 0 Å². The predicted octanol–water partition coefficient (Wildman–Crippen LogP) is 1.64. The summed E-state index contributed by atoms with van der Waals surface area (Å²) in [5.41, 5.74) is 6.79. The molecule has 1 aromatic carbocycles. The van der Waals surface area contributed by atoms with E-state index in [1.165, 1.54) is 16.7 Å². The zero-order chi connectivity index (χ0) is 13.1. The molecule has 19 heavy (non-hydrogen) atoms. The van der Waals surface area contributed by atoms with Gasteiger partial charge < -0.3 is 15.6 Å². The number of hydrogen-bond donors (Lipinski definition) is 2. The molecule has 1 aliphatic heterocycles. The SMILES string of the molecule is NCCCN1CCN(c2cc3ccccc3[nH]2)CC1. The largest absolute Gasteiger partial charge is 0.356 e. The van der Waals surface area contributed by atoms with Gasteiger partial charge in [0.1, 0.15) is 5.82 Å². The molecule has 0 radical (unpaired) electrons. The molecule has 0 aliphatic carbocycles. The van der Waals surface area contributed by atoms with Gasteiger partial charge in [-0.05, 0) is 31.6 Å². The molecule has 0 atom stereocenters. The first-order valence-electron chi connectivity index (χ1n) is 7.12. The zero-order valence-corrected chi connectivity index (χ0v) is 11.3. The van der Waals surface area contributed by atoms with Crippen LogP contribution in [0.4, 0.5) is 5.82 Å².